The zero-order valence-electron chi connectivity index (χ0n) is 32.6. The van der Waals surface area contributed by atoms with Gasteiger partial charge in [0.25, 0.3) is 0 Å². The Balaban J connectivity index is 1.64. The standard InChI is InChI=1S/C50H48N4/c1-51(2)41-23-27-45-37(31-41)19-20-38-32-42(52(3)4)25-29-47(38)50(36-17-13-10-14-18-36)48-30-26-44(54(7)8)34-40(48)22-21-39-33-43(53(5)6)24-28-46(39)49(45)35-15-11-9-12-16-35/h9-18,23-34,49-50H,1-8H3. The van der Waals surface area contributed by atoms with Crippen LogP contribution in [0.4, 0.5) is 22.7 Å². The summed E-state index contributed by atoms with van der Waals surface area (Å²) in [4.78, 5) is 8.60. The Morgan fingerprint density at radius 1 is 0.315 bits per heavy atom. The van der Waals surface area contributed by atoms with Gasteiger partial charge in [0.2, 0.25) is 0 Å². The normalized spacial score (nSPS) is 14.3. The Morgan fingerprint density at radius 3 is 0.778 bits per heavy atom. The molecule has 0 bridgehead atoms. The molecule has 0 radical (unpaired) electrons. The lowest BCUT2D eigenvalue weighted by Crippen LogP contribution is -2.14. The van der Waals surface area contributed by atoms with Gasteiger partial charge in [-0.3, -0.25) is 0 Å². The van der Waals surface area contributed by atoms with Crippen molar-refractivity contribution in [2.75, 3.05) is 76.0 Å². The number of hydrogen-bond donors (Lipinski definition) is 0. The van der Waals surface area contributed by atoms with Crippen molar-refractivity contribution in [3.63, 3.8) is 0 Å². The van der Waals surface area contributed by atoms with Crippen LogP contribution in [0.2, 0.25) is 0 Å². The molecule has 0 aromatic heterocycles. The summed E-state index contributed by atoms with van der Waals surface area (Å²) in [6.45, 7) is 0. The number of benzene rings is 6. The van der Waals surface area contributed by atoms with E-state index < -0.39 is 0 Å². The Hall–Kier alpha value is -6.36. The van der Waals surface area contributed by atoms with Crippen LogP contribution in [0.1, 0.15) is 67.5 Å². The van der Waals surface area contributed by atoms with Crippen LogP contribution in [-0.2, 0) is 0 Å². The lowest BCUT2D eigenvalue weighted by Gasteiger charge is -2.26. The average molecular weight is 705 g/mol. The fourth-order valence-corrected chi connectivity index (χ4v) is 7.34. The molecule has 1 aliphatic rings. The van der Waals surface area contributed by atoms with Gasteiger partial charge in [-0.05, 0) is 81.9 Å². The fraction of sp³-hybridized carbons (Fsp3) is 0.200. The Labute approximate surface area is 322 Å². The van der Waals surface area contributed by atoms with Crippen molar-refractivity contribution in [2.24, 2.45) is 0 Å². The number of anilines is 4. The van der Waals surface area contributed by atoms with E-state index in [0.717, 1.165) is 67.3 Å². The summed E-state index contributed by atoms with van der Waals surface area (Å²) in [5.41, 5.74) is 15.4. The molecule has 4 nitrogen and oxygen atoms in total. The minimum absolute atomic E-state index is 0.104. The molecule has 54 heavy (non-hydrogen) atoms. The zero-order chi connectivity index (χ0) is 37.9. The van der Waals surface area contributed by atoms with Crippen LogP contribution in [-0.4, -0.2) is 56.4 Å². The molecular formula is C50H48N4. The van der Waals surface area contributed by atoms with E-state index in [4.69, 9.17) is 0 Å². The minimum atomic E-state index is -0.104. The van der Waals surface area contributed by atoms with E-state index in [-0.39, 0.29) is 11.8 Å². The summed E-state index contributed by atoms with van der Waals surface area (Å²) in [5.74, 6) is 14.9. The molecule has 6 aromatic rings. The first-order valence-corrected chi connectivity index (χ1v) is 18.5. The van der Waals surface area contributed by atoms with Crippen LogP contribution in [0.3, 0.4) is 0 Å². The number of rotatable bonds is 6. The van der Waals surface area contributed by atoms with Crippen LogP contribution in [0.15, 0.2) is 133 Å². The first-order valence-electron chi connectivity index (χ1n) is 18.5. The van der Waals surface area contributed by atoms with Crippen molar-refractivity contribution >= 4 is 22.7 Å². The maximum atomic E-state index is 3.77. The monoisotopic (exact) mass is 704 g/mol. The Morgan fingerprint density at radius 2 is 0.556 bits per heavy atom. The molecule has 0 atom stereocenters. The van der Waals surface area contributed by atoms with Crippen LogP contribution < -0.4 is 19.6 Å². The average Bonchev–Trinajstić information content (AvgIpc) is 3.18. The van der Waals surface area contributed by atoms with Crippen molar-refractivity contribution in [3.8, 4) is 23.7 Å². The van der Waals surface area contributed by atoms with Gasteiger partial charge < -0.3 is 19.6 Å². The molecule has 0 unspecified atom stereocenters. The summed E-state index contributed by atoms with van der Waals surface area (Å²) in [6, 6.07) is 48.4. The predicted molar refractivity (Wildman–Crippen MR) is 230 cm³/mol. The smallest absolute Gasteiger partial charge is 0.0373 e. The predicted octanol–water partition coefficient (Wildman–Crippen LogP) is 9.42. The van der Waals surface area contributed by atoms with Gasteiger partial charge in [-0.15, -0.1) is 0 Å². The van der Waals surface area contributed by atoms with Gasteiger partial charge in [0.1, 0.15) is 0 Å². The van der Waals surface area contributed by atoms with Crippen molar-refractivity contribution in [3.05, 3.63) is 189 Å². The Kier molecular flexibility index (Phi) is 10.2. The van der Waals surface area contributed by atoms with Crippen molar-refractivity contribution in [1.29, 1.82) is 0 Å². The third kappa shape index (κ3) is 7.30. The van der Waals surface area contributed by atoms with Crippen molar-refractivity contribution < 1.29 is 0 Å². The summed E-state index contributed by atoms with van der Waals surface area (Å²) in [5, 5.41) is 0. The van der Waals surface area contributed by atoms with E-state index in [9.17, 15) is 0 Å². The van der Waals surface area contributed by atoms with Gasteiger partial charge in [-0.25, -0.2) is 0 Å². The van der Waals surface area contributed by atoms with Crippen LogP contribution in [0.25, 0.3) is 0 Å². The van der Waals surface area contributed by atoms with E-state index in [1.165, 1.54) is 11.1 Å². The second kappa shape index (κ2) is 15.3. The first kappa shape index (κ1) is 36.0. The van der Waals surface area contributed by atoms with E-state index in [1.54, 1.807) is 0 Å². The highest BCUT2D eigenvalue weighted by molar-refractivity contribution is 5.69. The van der Waals surface area contributed by atoms with E-state index in [2.05, 4.69) is 233 Å². The highest BCUT2D eigenvalue weighted by Gasteiger charge is 2.26. The van der Waals surface area contributed by atoms with Crippen molar-refractivity contribution in [2.45, 2.75) is 11.8 Å². The first-order chi connectivity index (χ1) is 26.1. The fourth-order valence-electron chi connectivity index (χ4n) is 7.34. The maximum Gasteiger partial charge on any atom is 0.0373 e. The molecular weight excluding hydrogens is 657 g/mol. The molecule has 0 fully saturated rings. The molecule has 7 rings (SSSR count). The molecule has 0 aliphatic heterocycles. The summed E-state index contributed by atoms with van der Waals surface area (Å²) in [6.07, 6.45) is 0. The highest BCUT2D eigenvalue weighted by Crippen LogP contribution is 2.40. The third-order valence-corrected chi connectivity index (χ3v) is 10.4. The second-order valence-electron chi connectivity index (χ2n) is 14.9. The molecule has 0 saturated heterocycles. The van der Waals surface area contributed by atoms with Gasteiger partial charge in [-0.1, -0.05) is 109 Å². The van der Waals surface area contributed by atoms with E-state index >= 15 is 0 Å². The molecule has 1 aliphatic carbocycles. The molecule has 0 amide bonds. The molecule has 0 saturated carbocycles. The highest BCUT2D eigenvalue weighted by atomic mass is 15.1. The molecule has 6 aromatic carbocycles. The molecule has 0 spiro atoms. The lowest BCUT2D eigenvalue weighted by molar-refractivity contribution is 0.960. The van der Waals surface area contributed by atoms with Crippen LogP contribution >= 0.6 is 0 Å². The van der Waals surface area contributed by atoms with Gasteiger partial charge in [0, 0.05) is 113 Å². The topological polar surface area (TPSA) is 13.0 Å². The quantitative estimate of drug-likeness (QED) is 0.160. The van der Waals surface area contributed by atoms with Gasteiger partial charge in [0.15, 0.2) is 0 Å². The summed E-state index contributed by atoms with van der Waals surface area (Å²) < 4.78 is 0. The largest absolute Gasteiger partial charge is 0.378 e. The second-order valence-corrected chi connectivity index (χ2v) is 14.9. The summed E-state index contributed by atoms with van der Waals surface area (Å²) >= 11 is 0. The zero-order valence-corrected chi connectivity index (χ0v) is 32.6. The van der Waals surface area contributed by atoms with Gasteiger partial charge in [-0.2, -0.15) is 0 Å². The number of nitrogens with zero attached hydrogens (tertiary/aromatic N) is 4. The Bertz CT molecular complexity index is 2120. The van der Waals surface area contributed by atoms with Crippen LogP contribution in [0.5, 0.6) is 0 Å². The number of fused-ring (bicyclic) bond motifs is 4. The minimum Gasteiger partial charge on any atom is -0.378 e. The van der Waals surface area contributed by atoms with Crippen LogP contribution in [0, 0.1) is 23.7 Å². The maximum absolute atomic E-state index is 3.77. The lowest BCUT2D eigenvalue weighted by atomic mass is 9.79. The van der Waals surface area contributed by atoms with E-state index in [1.807, 2.05) is 0 Å². The van der Waals surface area contributed by atoms with Crippen molar-refractivity contribution in [1.82, 2.24) is 0 Å². The van der Waals surface area contributed by atoms with Gasteiger partial charge in [0.05, 0.1) is 0 Å². The molecule has 0 N–H and O–H groups in total. The number of hydrogen-bond acceptors (Lipinski definition) is 4. The molecule has 0 heterocycles. The summed E-state index contributed by atoms with van der Waals surface area (Å²) in [7, 11) is 16.7. The molecule has 4 heteroatoms. The third-order valence-electron chi connectivity index (χ3n) is 10.4. The van der Waals surface area contributed by atoms with Gasteiger partial charge >= 0.3 is 0 Å². The molecule has 268 valence electrons. The van der Waals surface area contributed by atoms with E-state index in [0.29, 0.717) is 0 Å². The SMILES string of the molecule is CN(C)c1ccc2c(c1)C#Cc1cc(N(C)C)ccc1C(c1ccccc1)c1ccc(N(C)C)cc1C#Cc1cc(N(C)C)ccc1C2c1ccccc1.